The van der Waals surface area contributed by atoms with Gasteiger partial charge in [-0.1, -0.05) is 36.4 Å². The second-order valence-corrected chi connectivity index (χ2v) is 15.8. The summed E-state index contributed by atoms with van der Waals surface area (Å²) in [5.74, 6) is -1.81. The van der Waals surface area contributed by atoms with Crippen molar-refractivity contribution in [2.45, 2.75) is 68.4 Å². The Hall–Kier alpha value is -4.22. The topological polar surface area (TPSA) is 152 Å². The molecule has 3 aromatic rings. The molecule has 264 valence electrons. The predicted octanol–water partition coefficient (Wildman–Crippen LogP) is 4.14. The highest BCUT2D eigenvalue weighted by Crippen LogP contribution is 2.59. The first-order valence-electron chi connectivity index (χ1n) is 16.2. The molecule has 3 fully saturated rings. The Morgan fingerprint density at radius 1 is 1.02 bits per heavy atom. The first-order valence-corrected chi connectivity index (χ1v) is 18.7. The van der Waals surface area contributed by atoms with Crippen LogP contribution >= 0.6 is 18.9 Å². The van der Waals surface area contributed by atoms with Gasteiger partial charge in [0.25, 0.3) is 5.91 Å². The van der Waals surface area contributed by atoms with Crippen molar-refractivity contribution in [2.24, 2.45) is 0 Å². The van der Waals surface area contributed by atoms with Gasteiger partial charge >= 0.3 is 13.3 Å². The Labute approximate surface area is 291 Å². The zero-order valence-electron chi connectivity index (χ0n) is 27.1. The first-order chi connectivity index (χ1) is 23.7. The molecule has 3 aliphatic rings. The molecule has 0 radical (unpaired) electrons. The van der Waals surface area contributed by atoms with Gasteiger partial charge in [-0.25, -0.2) is 6.57 Å². The number of nitrogens with zero attached hydrogens (tertiary/aromatic N) is 4. The number of benzene rings is 2. The van der Waals surface area contributed by atoms with Gasteiger partial charge in [-0.15, -0.1) is 11.3 Å². The third-order valence-electron chi connectivity index (χ3n) is 9.87. The summed E-state index contributed by atoms with van der Waals surface area (Å²) in [5, 5.41) is 2.86. The van der Waals surface area contributed by atoms with Crippen molar-refractivity contribution < 1.29 is 42.3 Å². The quantitative estimate of drug-likeness (QED) is 0.255. The lowest BCUT2D eigenvalue weighted by molar-refractivity contribution is -0.149. The van der Waals surface area contributed by atoms with Gasteiger partial charge in [0.1, 0.15) is 12.1 Å². The summed E-state index contributed by atoms with van der Waals surface area (Å²) >= 11 is 0.941. The fraction of sp³-hybridized carbons (Fsp3) is 0.441. The smallest absolute Gasteiger partial charge is 0.340 e. The molecule has 3 N–H and O–H groups in total. The number of amides is 4. The third-order valence-corrected chi connectivity index (χ3v) is 12.0. The van der Waals surface area contributed by atoms with Crippen LogP contribution in [0.1, 0.15) is 59.3 Å². The van der Waals surface area contributed by atoms with Crippen molar-refractivity contribution in [1.29, 1.82) is 0 Å². The molecule has 3 saturated heterocycles. The fourth-order valence-corrected chi connectivity index (χ4v) is 8.70. The van der Waals surface area contributed by atoms with Crippen molar-refractivity contribution in [3.8, 4) is 0 Å². The van der Waals surface area contributed by atoms with E-state index in [0.717, 1.165) is 29.0 Å². The van der Waals surface area contributed by atoms with E-state index in [-0.39, 0.29) is 47.1 Å². The zero-order valence-corrected chi connectivity index (χ0v) is 28.8. The summed E-state index contributed by atoms with van der Waals surface area (Å²) in [6.07, 6.45) is 1.98. The number of carbonyl (C=O) groups excluding carboxylic acids is 4. The summed E-state index contributed by atoms with van der Waals surface area (Å²) < 4.78 is 40.6. The van der Waals surface area contributed by atoms with Gasteiger partial charge in [0.15, 0.2) is 0 Å². The van der Waals surface area contributed by atoms with Crippen LogP contribution in [0.5, 0.6) is 0 Å². The first kappa shape index (κ1) is 35.6. The normalized spacial score (nSPS) is 24.7. The van der Waals surface area contributed by atoms with E-state index in [4.69, 9.17) is 16.4 Å². The lowest BCUT2D eigenvalue weighted by Gasteiger charge is -2.40. The Morgan fingerprint density at radius 2 is 1.76 bits per heavy atom. The van der Waals surface area contributed by atoms with Crippen LogP contribution in [0, 0.1) is 6.57 Å². The monoisotopic (exact) mass is 727 g/mol. The van der Waals surface area contributed by atoms with Gasteiger partial charge in [0.2, 0.25) is 23.8 Å². The predicted molar refractivity (Wildman–Crippen MR) is 180 cm³/mol. The van der Waals surface area contributed by atoms with E-state index in [9.17, 15) is 32.5 Å². The van der Waals surface area contributed by atoms with Gasteiger partial charge in [-0.3, -0.25) is 23.7 Å². The number of nitrogens with one attached hydrogen (secondary N) is 1. The highest BCUT2D eigenvalue weighted by atomic mass is 32.1. The second-order valence-electron chi connectivity index (χ2n) is 13.1. The number of rotatable bonds is 6. The van der Waals surface area contributed by atoms with E-state index in [2.05, 4.69) is 10.2 Å². The van der Waals surface area contributed by atoms with Gasteiger partial charge < -0.3 is 34.6 Å². The van der Waals surface area contributed by atoms with E-state index < -0.39 is 48.8 Å². The minimum absolute atomic E-state index is 0.0372. The second kappa shape index (κ2) is 13.8. The van der Waals surface area contributed by atoms with Crippen LogP contribution in [-0.2, 0) is 24.6 Å². The zero-order chi connectivity index (χ0) is 36.0. The molecule has 0 unspecified atom stereocenters. The molecule has 16 heteroatoms. The molecule has 0 bridgehead atoms. The maximum absolute atomic E-state index is 14.4. The number of fused-ring (bicyclic) bond motifs is 2. The molecular weight excluding hydrogens is 691 g/mol. The van der Waals surface area contributed by atoms with E-state index in [1.807, 2.05) is 30.3 Å². The molecular formula is C34H36F2N5O7PS. The molecule has 2 aromatic carbocycles. The van der Waals surface area contributed by atoms with Crippen molar-refractivity contribution in [3.63, 3.8) is 0 Å². The van der Waals surface area contributed by atoms with Crippen molar-refractivity contribution in [1.82, 2.24) is 20.0 Å². The average Bonchev–Trinajstić information content (AvgIpc) is 3.72. The maximum Gasteiger partial charge on any atom is 0.399 e. The fourth-order valence-electron chi connectivity index (χ4n) is 7.27. The number of piperidine rings is 1. The summed E-state index contributed by atoms with van der Waals surface area (Å²) in [6.45, 7) is 9.91. The van der Waals surface area contributed by atoms with Crippen LogP contribution < -0.4 is 5.32 Å². The number of carbonyl (C=O) groups is 4. The molecule has 5 atom stereocenters. The maximum atomic E-state index is 14.4. The molecule has 3 aliphatic heterocycles. The minimum atomic E-state index is -5.81. The molecule has 4 amide bonds. The number of hydrogen-bond acceptors (Lipinski definition) is 6. The average molecular weight is 728 g/mol. The molecule has 1 aromatic heterocycles. The van der Waals surface area contributed by atoms with Crippen LogP contribution in [0.4, 0.5) is 8.78 Å². The molecule has 50 heavy (non-hydrogen) atoms. The van der Waals surface area contributed by atoms with Crippen LogP contribution in [0.15, 0.2) is 54.6 Å². The van der Waals surface area contributed by atoms with E-state index in [1.165, 1.54) is 24.0 Å². The number of alkyl halides is 2. The molecule has 12 nitrogen and oxygen atoms in total. The van der Waals surface area contributed by atoms with Crippen LogP contribution in [0.2, 0.25) is 0 Å². The lowest BCUT2D eigenvalue weighted by Crippen LogP contribution is -2.61. The van der Waals surface area contributed by atoms with Gasteiger partial charge in [-0.05, 0) is 48.4 Å². The highest BCUT2D eigenvalue weighted by Gasteiger charge is 2.51. The summed E-state index contributed by atoms with van der Waals surface area (Å²) in [6, 6.07) is 11.2. The number of halogens is 2. The Morgan fingerprint density at radius 3 is 2.44 bits per heavy atom. The van der Waals surface area contributed by atoms with E-state index >= 15 is 0 Å². The SMILES string of the molecule is [C-]#[N+][C@H]1C[C@H](c2ccccc2)CN(C(=O)[C@@H]2CC[C@@H]3CCN(C(C)=O)C[C@H](NC(=O)c4cc5cc(C(F)(F)P(=O)(O)O)ccc5s4)C(=O)N32)C1. The van der Waals surface area contributed by atoms with Crippen molar-refractivity contribution >= 4 is 52.6 Å². The number of likely N-dealkylation sites (tertiary alicyclic amines) is 1. The molecule has 4 heterocycles. The molecule has 6 rings (SSSR count). The summed E-state index contributed by atoms with van der Waals surface area (Å²) in [5.41, 5.74) is -4.30. The van der Waals surface area contributed by atoms with Crippen LogP contribution in [0.3, 0.4) is 0 Å². The summed E-state index contributed by atoms with van der Waals surface area (Å²) in [7, 11) is -5.81. The van der Waals surface area contributed by atoms with Gasteiger partial charge in [-0.2, -0.15) is 8.78 Å². The van der Waals surface area contributed by atoms with Crippen molar-refractivity contribution in [2.75, 3.05) is 26.2 Å². The Bertz CT molecular complexity index is 1910. The van der Waals surface area contributed by atoms with Crippen molar-refractivity contribution in [3.05, 3.63) is 82.0 Å². The third kappa shape index (κ3) is 6.90. The number of hydrogen-bond donors (Lipinski definition) is 3. The summed E-state index contributed by atoms with van der Waals surface area (Å²) in [4.78, 5) is 81.5. The Kier molecular flexibility index (Phi) is 9.85. The van der Waals surface area contributed by atoms with Crippen LogP contribution in [0.25, 0.3) is 14.9 Å². The number of thiophene rings is 1. The van der Waals surface area contributed by atoms with Gasteiger partial charge in [0, 0.05) is 55.2 Å². The minimum Gasteiger partial charge on any atom is -0.340 e. The Balaban J connectivity index is 1.25. The van der Waals surface area contributed by atoms with Crippen LogP contribution in [-0.4, -0.2) is 98.5 Å². The standard InChI is InChI=1S/C34H36F2N5O7PS/c1-20(42)39-13-12-26-9-10-28(33(45)40-17-23(15-25(18-40)37-2)21-6-4-3-5-7-21)41(26)32(44)27(19-39)38-31(43)30-16-22-14-24(8-11-29(22)50-30)34(35,36)49(46,47)48/h3-8,11,14,16,23,25-28H,9-10,12-13,15,17-19H2,1H3,(H,38,43)(H2,46,47,48)/t23-,25-,26+,27-,28-/m0/s1. The highest BCUT2D eigenvalue weighted by molar-refractivity contribution is 7.52. The van der Waals surface area contributed by atoms with Gasteiger partial charge in [0.05, 0.1) is 11.4 Å². The molecule has 0 saturated carbocycles. The van der Waals surface area contributed by atoms with E-state index in [0.29, 0.717) is 43.5 Å². The lowest BCUT2D eigenvalue weighted by atomic mass is 9.88. The molecule has 0 aliphatic carbocycles. The molecule has 0 spiro atoms. The largest absolute Gasteiger partial charge is 0.399 e. The van der Waals surface area contributed by atoms with E-state index in [1.54, 1.807) is 9.80 Å².